The van der Waals surface area contributed by atoms with E-state index in [0.29, 0.717) is 28.0 Å². The van der Waals surface area contributed by atoms with Gasteiger partial charge >= 0.3 is 5.97 Å². The second kappa shape index (κ2) is 8.81. The van der Waals surface area contributed by atoms with Crippen molar-refractivity contribution in [1.82, 2.24) is 0 Å². The highest BCUT2D eigenvalue weighted by Crippen LogP contribution is 2.24. The van der Waals surface area contributed by atoms with Crippen LogP contribution in [0.1, 0.15) is 22.3 Å². The van der Waals surface area contributed by atoms with E-state index in [1.165, 1.54) is 18.2 Å². The summed E-state index contributed by atoms with van der Waals surface area (Å²) in [4.78, 5) is 27.0. The highest BCUT2D eigenvalue weighted by Gasteiger charge is 2.25. The Morgan fingerprint density at radius 2 is 1.91 bits per heavy atom. The average molecular weight is 432 g/mol. The summed E-state index contributed by atoms with van der Waals surface area (Å²) in [5.74, 6) is -0.368. The molecule has 0 saturated heterocycles. The normalized spacial score (nSPS) is 14.2. The first-order valence-electron chi connectivity index (χ1n) is 9.64. The van der Waals surface area contributed by atoms with Crippen molar-refractivity contribution in [2.45, 2.75) is 13.5 Å². The predicted octanol–water partition coefficient (Wildman–Crippen LogP) is 4.97. The second-order valence-corrected chi connectivity index (χ2v) is 7.08. The van der Waals surface area contributed by atoms with E-state index >= 15 is 0 Å². The minimum Gasteiger partial charge on any atom is -0.489 e. The zero-order chi connectivity index (χ0) is 22.7. The molecule has 0 aromatic heterocycles. The first-order valence-corrected chi connectivity index (χ1v) is 9.64. The molecule has 32 heavy (non-hydrogen) atoms. The van der Waals surface area contributed by atoms with E-state index < -0.39 is 10.9 Å². The molecule has 0 fully saturated rings. The fourth-order valence-corrected chi connectivity index (χ4v) is 3.08. The average Bonchev–Trinajstić information content (AvgIpc) is 3.13. The number of esters is 1. The molecule has 1 heterocycles. The minimum absolute atomic E-state index is 0.0133. The molecule has 0 aliphatic carbocycles. The summed E-state index contributed by atoms with van der Waals surface area (Å²) in [5.41, 5.74) is 2.25. The summed E-state index contributed by atoms with van der Waals surface area (Å²) in [5, 5.41) is 11.1. The molecule has 0 spiro atoms. The lowest BCUT2D eigenvalue weighted by Gasteiger charge is -2.06. The van der Waals surface area contributed by atoms with Gasteiger partial charge in [-0.2, -0.15) is 0 Å². The molecule has 3 aromatic carbocycles. The largest absolute Gasteiger partial charge is 0.489 e. The number of benzene rings is 3. The number of nitrogens with zero attached hydrogens (tertiary/aromatic N) is 2. The molecule has 7 nitrogen and oxygen atoms in total. The lowest BCUT2D eigenvalue weighted by Crippen LogP contribution is -2.06. The lowest BCUT2D eigenvalue weighted by atomic mass is 10.1. The van der Waals surface area contributed by atoms with E-state index in [1.54, 1.807) is 61.5 Å². The van der Waals surface area contributed by atoms with Crippen molar-refractivity contribution < 1.29 is 23.6 Å². The van der Waals surface area contributed by atoms with Crippen LogP contribution in [0.15, 0.2) is 77.4 Å². The summed E-state index contributed by atoms with van der Waals surface area (Å²) in [6.07, 6.45) is 1.55. The fourth-order valence-electron chi connectivity index (χ4n) is 3.08. The van der Waals surface area contributed by atoms with Gasteiger partial charge in [0.15, 0.2) is 5.70 Å². The van der Waals surface area contributed by atoms with Gasteiger partial charge in [-0.1, -0.05) is 30.3 Å². The van der Waals surface area contributed by atoms with Crippen LogP contribution >= 0.6 is 0 Å². The molecule has 4 rings (SSSR count). The molecule has 0 bridgehead atoms. The van der Waals surface area contributed by atoms with Crippen molar-refractivity contribution in [2.24, 2.45) is 4.99 Å². The summed E-state index contributed by atoms with van der Waals surface area (Å²) < 4.78 is 24.1. The van der Waals surface area contributed by atoms with Gasteiger partial charge in [0.1, 0.15) is 18.2 Å². The molecule has 1 aliphatic rings. The Morgan fingerprint density at radius 1 is 1.12 bits per heavy atom. The van der Waals surface area contributed by atoms with Crippen molar-refractivity contribution >= 4 is 23.6 Å². The quantitative estimate of drug-likeness (QED) is 0.237. The standard InChI is InChI=1S/C24H17FN2O5/c1-15-5-8-18(13-22(15)27(29)30)23-26-21(24(28)32-23)12-16-6-9-20(10-7-16)31-14-17-3-2-4-19(25)11-17/h2-13H,14H2,1H3/b21-12-. The maximum atomic E-state index is 13.2. The Balaban J connectivity index is 1.48. The Bertz CT molecular complexity index is 1270. The van der Waals surface area contributed by atoms with E-state index in [1.807, 2.05) is 0 Å². The van der Waals surface area contributed by atoms with Gasteiger partial charge in [-0.3, -0.25) is 10.1 Å². The van der Waals surface area contributed by atoms with Crippen molar-refractivity contribution in [1.29, 1.82) is 0 Å². The maximum Gasteiger partial charge on any atom is 0.363 e. The number of carbonyl (C=O) groups excluding carboxylic acids is 1. The zero-order valence-corrected chi connectivity index (χ0v) is 16.9. The number of rotatable bonds is 6. The van der Waals surface area contributed by atoms with Crippen molar-refractivity contribution in [3.05, 3.63) is 111 Å². The molecule has 3 aromatic rings. The summed E-state index contributed by atoms with van der Waals surface area (Å²) in [6, 6.07) is 17.6. The number of ether oxygens (including phenoxy) is 2. The van der Waals surface area contributed by atoms with E-state index in [4.69, 9.17) is 9.47 Å². The first-order chi connectivity index (χ1) is 15.4. The van der Waals surface area contributed by atoms with Crippen LogP contribution in [0, 0.1) is 22.9 Å². The Labute approximate surface area is 182 Å². The number of aryl methyl sites for hydroxylation is 1. The van der Waals surface area contributed by atoms with Crippen molar-refractivity contribution in [3.63, 3.8) is 0 Å². The topological polar surface area (TPSA) is 91.0 Å². The number of halogens is 1. The van der Waals surface area contributed by atoms with Crippen molar-refractivity contribution in [2.75, 3.05) is 0 Å². The van der Waals surface area contributed by atoms with E-state index in [9.17, 15) is 19.3 Å². The highest BCUT2D eigenvalue weighted by molar-refractivity contribution is 6.13. The number of carbonyl (C=O) groups is 1. The SMILES string of the molecule is Cc1ccc(C2=N/C(=C\c3ccc(OCc4cccc(F)c4)cc3)C(=O)O2)cc1[N+](=O)[O-]. The molecule has 0 unspecified atom stereocenters. The molecule has 0 saturated carbocycles. The van der Waals surface area contributed by atoms with Gasteiger partial charge < -0.3 is 9.47 Å². The zero-order valence-electron chi connectivity index (χ0n) is 16.9. The number of nitro groups is 1. The van der Waals surface area contributed by atoms with Crippen LogP contribution in [0.25, 0.3) is 6.08 Å². The number of hydrogen-bond acceptors (Lipinski definition) is 6. The molecule has 160 valence electrons. The van der Waals surface area contributed by atoms with Crippen LogP contribution in [-0.4, -0.2) is 16.8 Å². The highest BCUT2D eigenvalue weighted by atomic mass is 19.1. The number of aliphatic imine (C=N–C) groups is 1. The lowest BCUT2D eigenvalue weighted by molar-refractivity contribution is -0.385. The smallest absolute Gasteiger partial charge is 0.363 e. The van der Waals surface area contributed by atoms with E-state index in [0.717, 1.165) is 0 Å². The summed E-state index contributed by atoms with van der Waals surface area (Å²) in [6.45, 7) is 1.85. The fraction of sp³-hybridized carbons (Fsp3) is 0.0833. The molecule has 8 heteroatoms. The van der Waals surface area contributed by atoms with Crippen LogP contribution in [0.5, 0.6) is 5.75 Å². The van der Waals surface area contributed by atoms with Gasteiger partial charge in [0.05, 0.1) is 4.92 Å². The third-order valence-electron chi connectivity index (χ3n) is 4.75. The summed E-state index contributed by atoms with van der Waals surface area (Å²) >= 11 is 0. The molecule has 0 N–H and O–H groups in total. The number of cyclic esters (lactones) is 1. The molecule has 0 amide bonds. The molecule has 0 radical (unpaired) electrons. The molecule has 1 aliphatic heterocycles. The van der Waals surface area contributed by atoms with Gasteiger partial charge in [0.25, 0.3) is 5.69 Å². The van der Waals surface area contributed by atoms with Crippen LogP contribution in [-0.2, 0) is 16.1 Å². The first kappa shape index (κ1) is 20.9. The van der Waals surface area contributed by atoms with E-state index in [2.05, 4.69) is 4.99 Å². The van der Waals surface area contributed by atoms with Gasteiger partial charge in [0, 0.05) is 17.2 Å². The third kappa shape index (κ3) is 4.70. The maximum absolute atomic E-state index is 13.2. The molecular formula is C24H17FN2O5. The molecule has 0 atom stereocenters. The number of hydrogen-bond donors (Lipinski definition) is 0. The van der Waals surface area contributed by atoms with E-state index in [-0.39, 0.29) is 29.7 Å². The van der Waals surface area contributed by atoms with Gasteiger partial charge in [-0.15, -0.1) is 0 Å². The predicted molar refractivity (Wildman–Crippen MR) is 116 cm³/mol. The number of nitro benzene ring substituents is 1. The van der Waals surface area contributed by atoms with Crippen LogP contribution in [0.3, 0.4) is 0 Å². The molecular weight excluding hydrogens is 415 g/mol. The van der Waals surface area contributed by atoms with Gasteiger partial charge in [-0.25, -0.2) is 14.2 Å². The minimum atomic E-state index is -0.644. The Hall–Kier alpha value is -4.33. The third-order valence-corrected chi connectivity index (χ3v) is 4.75. The monoisotopic (exact) mass is 432 g/mol. The van der Waals surface area contributed by atoms with Crippen LogP contribution in [0.2, 0.25) is 0 Å². The van der Waals surface area contributed by atoms with Gasteiger partial charge in [0.2, 0.25) is 5.90 Å². The van der Waals surface area contributed by atoms with Gasteiger partial charge in [-0.05, 0) is 54.5 Å². The van der Waals surface area contributed by atoms with Crippen LogP contribution < -0.4 is 4.74 Å². The second-order valence-electron chi connectivity index (χ2n) is 7.08. The van der Waals surface area contributed by atoms with Crippen LogP contribution in [0.4, 0.5) is 10.1 Å². The van der Waals surface area contributed by atoms with Crippen molar-refractivity contribution in [3.8, 4) is 5.75 Å². The summed E-state index contributed by atoms with van der Waals surface area (Å²) in [7, 11) is 0. The Kier molecular flexibility index (Phi) is 5.76. The Morgan fingerprint density at radius 3 is 2.62 bits per heavy atom.